The van der Waals surface area contributed by atoms with Gasteiger partial charge in [0, 0.05) is 23.0 Å². The van der Waals surface area contributed by atoms with Gasteiger partial charge < -0.3 is 9.73 Å². The predicted molar refractivity (Wildman–Crippen MR) is 124 cm³/mol. The Bertz CT molecular complexity index is 1260. The van der Waals surface area contributed by atoms with Crippen LogP contribution in [0.1, 0.15) is 11.3 Å². The van der Waals surface area contributed by atoms with E-state index in [1.165, 1.54) is 6.26 Å². The number of carbonyl (C=O) groups is 2. The lowest BCUT2D eigenvalue weighted by Gasteiger charge is -2.13. The maximum absolute atomic E-state index is 12.3. The van der Waals surface area contributed by atoms with E-state index in [0.717, 1.165) is 28.6 Å². The minimum atomic E-state index is -0.610. The molecule has 0 bridgehead atoms. The molecule has 3 heterocycles. The van der Waals surface area contributed by atoms with Crippen molar-refractivity contribution in [1.29, 1.82) is 0 Å². The molecule has 0 saturated heterocycles. The number of nitrogens with one attached hydrogen (secondary N) is 2. The van der Waals surface area contributed by atoms with E-state index in [1.807, 2.05) is 35.8 Å². The van der Waals surface area contributed by atoms with Crippen LogP contribution in [0.3, 0.4) is 0 Å². The number of hydrogen-bond donors (Lipinski definition) is 2. The topological polar surface area (TPSA) is 115 Å². The molecule has 4 aromatic rings. The van der Waals surface area contributed by atoms with Crippen molar-refractivity contribution in [3.05, 3.63) is 77.5 Å². The highest BCUT2D eigenvalue weighted by Crippen LogP contribution is 2.31. The van der Waals surface area contributed by atoms with E-state index < -0.39 is 11.9 Å². The molecule has 33 heavy (non-hydrogen) atoms. The summed E-state index contributed by atoms with van der Waals surface area (Å²) in [4.78, 5) is 28.4. The third-order valence-electron chi connectivity index (χ3n) is 4.64. The highest BCUT2D eigenvalue weighted by Gasteiger charge is 2.19. The number of amides is 3. The number of rotatable bonds is 7. The Morgan fingerprint density at radius 1 is 1.12 bits per heavy atom. The van der Waals surface area contributed by atoms with Crippen LogP contribution in [0, 0.1) is 6.92 Å². The molecule has 0 saturated carbocycles. The lowest BCUT2D eigenvalue weighted by Crippen LogP contribution is -2.39. The van der Waals surface area contributed by atoms with Crippen LogP contribution in [0.15, 0.2) is 70.7 Å². The maximum atomic E-state index is 12.3. The van der Waals surface area contributed by atoms with Crippen LogP contribution in [0.25, 0.3) is 17.1 Å². The monoisotopic (exact) mass is 482 g/mol. The Balaban J connectivity index is 1.50. The predicted octanol–water partition coefficient (Wildman–Crippen LogP) is 4.00. The third kappa shape index (κ3) is 5.41. The normalized spacial score (nSPS) is 10.7. The summed E-state index contributed by atoms with van der Waals surface area (Å²) in [5.74, 6) is 0.657. The molecule has 168 valence electrons. The first-order valence-corrected chi connectivity index (χ1v) is 11.2. The quantitative estimate of drug-likeness (QED) is 0.382. The van der Waals surface area contributed by atoms with Gasteiger partial charge in [0.25, 0.3) is 0 Å². The van der Waals surface area contributed by atoms with Crippen LogP contribution in [0.4, 0.5) is 4.79 Å². The number of carbonyl (C=O) groups excluding carboxylic acids is 2. The lowest BCUT2D eigenvalue weighted by atomic mass is 10.2. The van der Waals surface area contributed by atoms with Crippen molar-refractivity contribution in [2.45, 2.75) is 18.6 Å². The lowest BCUT2D eigenvalue weighted by molar-refractivity contribution is -0.117. The standard InChI is InChI=1S/C22H19ClN6O3S/c1-14-17(23)5-2-6-18(14)29-20(15-7-9-24-10-8-15)27-28-22(29)33-13-19(30)26-21(31)25-12-16-4-3-11-32-16/h2-11H,12-13H2,1H3,(H2,25,26,30,31). The molecule has 0 atom stereocenters. The fourth-order valence-electron chi connectivity index (χ4n) is 3.02. The van der Waals surface area contributed by atoms with E-state index in [-0.39, 0.29) is 12.3 Å². The van der Waals surface area contributed by atoms with Gasteiger partial charge in [-0.05, 0) is 48.9 Å². The van der Waals surface area contributed by atoms with E-state index in [4.69, 9.17) is 16.0 Å². The van der Waals surface area contributed by atoms with Gasteiger partial charge in [0.05, 0.1) is 24.2 Å². The first-order chi connectivity index (χ1) is 16.0. The molecule has 9 nitrogen and oxygen atoms in total. The number of urea groups is 1. The van der Waals surface area contributed by atoms with Crippen molar-refractivity contribution < 1.29 is 14.0 Å². The fraction of sp³-hybridized carbons (Fsp3) is 0.136. The highest BCUT2D eigenvalue weighted by atomic mass is 35.5. The Morgan fingerprint density at radius 3 is 2.70 bits per heavy atom. The number of benzene rings is 1. The summed E-state index contributed by atoms with van der Waals surface area (Å²) in [6.07, 6.45) is 4.84. The van der Waals surface area contributed by atoms with Crippen LogP contribution < -0.4 is 10.6 Å². The zero-order chi connectivity index (χ0) is 23.2. The molecule has 0 fully saturated rings. The minimum Gasteiger partial charge on any atom is -0.467 e. The van der Waals surface area contributed by atoms with Gasteiger partial charge in [0.2, 0.25) is 5.91 Å². The minimum absolute atomic E-state index is 0.0394. The fourth-order valence-corrected chi connectivity index (χ4v) is 3.94. The number of halogens is 1. The van der Waals surface area contributed by atoms with Gasteiger partial charge in [-0.25, -0.2) is 4.79 Å². The summed E-state index contributed by atoms with van der Waals surface area (Å²) < 4.78 is 6.98. The van der Waals surface area contributed by atoms with Crippen molar-refractivity contribution in [1.82, 2.24) is 30.4 Å². The van der Waals surface area contributed by atoms with Crippen molar-refractivity contribution in [2.75, 3.05) is 5.75 Å². The Kier molecular flexibility index (Phi) is 7.06. The molecule has 0 unspecified atom stereocenters. The zero-order valence-corrected chi connectivity index (χ0v) is 19.1. The van der Waals surface area contributed by atoms with E-state index in [0.29, 0.717) is 21.8 Å². The van der Waals surface area contributed by atoms with Crippen LogP contribution in [0.5, 0.6) is 0 Å². The van der Waals surface area contributed by atoms with Crippen molar-refractivity contribution in [3.8, 4) is 17.1 Å². The van der Waals surface area contributed by atoms with Gasteiger partial charge in [-0.15, -0.1) is 10.2 Å². The number of hydrogen-bond acceptors (Lipinski definition) is 7. The van der Waals surface area contributed by atoms with Gasteiger partial charge in [-0.3, -0.25) is 19.7 Å². The molecule has 0 spiro atoms. The van der Waals surface area contributed by atoms with Gasteiger partial charge in [0.15, 0.2) is 11.0 Å². The molecule has 4 rings (SSSR count). The van der Waals surface area contributed by atoms with Crippen molar-refractivity contribution >= 4 is 35.3 Å². The number of pyridine rings is 1. The third-order valence-corrected chi connectivity index (χ3v) is 5.98. The molecule has 0 radical (unpaired) electrons. The van der Waals surface area contributed by atoms with Gasteiger partial charge in [-0.2, -0.15) is 0 Å². The number of imide groups is 1. The highest BCUT2D eigenvalue weighted by molar-refractivity contribution is 7.99. The summed E-state index contributed by atoms with van der Waals surface area (Å²) in [5.41, 5.74) is 2.45. The Labute approximate surface area is 198 Å². The van der Waals surface area contributed by atoms with Gasteiger partial charge in [0.1, 0.15) is 5.76 Å². The molecular formula is C22H19ClN6O3S. The van der Waals surface area contributed by atoms with Crippen molar-refractivity contribution in [2.24, 2.45) is 0 Å². The maximum Gasteiger partial charge on any atom is 0.321 e. The summed E-state index contributed by atoms with van der Waals surface area (Å²) in [5, 5.41) is 14.6. The zero-order valence-electron chi connectivity index (χ0n) is 17.5. The summed E-state index contributed by atoms with van der Waals surface area (Å²) in [6, 6.07) is 12.0. The van der Waals surface area contributed by atoms with Gasteiger partial charge >= 0.3 is 6.03 Å². The smallest absolute Gasteiger partial charge is 0.321 e. The molecule has 0 aliphatic heterocycles. The van der Waals surface area contributed by atoms with Crippen LogP contribution >= 0.6 is 23.4 Å². The average Bonchev–Trinajstić information content (AvgIpc) is 3.49. The number of aromatic nitrogens is 4. The van der Waals surface area contributed by atoms with E-state index in [1.54, 1.807) is 30.6 Å². The SMILES string of the molecule is Cc1c(Cl)cccc1-n1c(SCC(=O)NC(=O)NCc2ccco2)nnc1-c1ccncc1. The number of nitrogens with zero attached hydrogens (tertiary/aromatic N) is 4. The Morgan fingerprint density at radius 2 is 1.94 bits per heavy atom. The molecule has 2 N–H and O–H groups in total. The summed E-state index contributed by atoms with van der Waals surface area (Å²) in [7, 11) is 0. The molecule has 0 aliphatic rings. The largest absolute Gasteiger partial charge is 0.467 e. The molecule has 3 amide bonds. The molecule has 0 aliphatic carbocycles. The first-order valence-electron chi connectivity index (χ1n) is 9.87. The molecule has 1 aromatic carbocycles. The molecule has 11 heteroatoms. The van der Waals surface area contributed by atoms with Crippen LogP contribution in [-0.2, 0) is 11.3 Å². The number of thioether (sulfide) groups is 1. The number of furan rings is 1. The van der Waals surface area contributed by atoms with Crippen molar-refractivity contribution in [3.63, 3.8) is 0 Å². The summed E-state index contributed by atoms with van der Waals surface area (Å²) >= 11 is 7.50. The second-order valence-electron chi connectivity index (χ2n) is 6.86. The van der Waals surface area contributed by atoms with E-state index >= 15 is 0 Å². The second kappa shape index (κ2) is 10.3. The summed E-state index contributed by atoms with van der Waals surface area (Å²) in [6.45, 7) is 2.08. The second-order valence-corrected chi connectivity index (χ2v) is 8.21. The van der Waals surface area contributed by atoms with Gasteiger partial charge in [-0.1, -0.05) is 29.4 Å². The van der Waals surface area contributed by atoms with Crippen LogP contribution in [0.2, 0.25) is 5.02 Å². The molecular weight excluding hydrogens is 464 g/mol. The van der Waals surface area contributed by atoms with Crippen LogP contribution in [-0.4, -0.2) is 37.4 Å². The van der Waals surface area contributed by atoms with E-state index in [9.17, 15) is 9.59 Å². The Hall–Kier alpha value is -3.63. The van der Waals surface area contributed by atoms with E-state index in [2.05, 4.69) is 25.8 Å². The first kappa shape index (κ1) is 22.6. The average molecular weight is 483 g/mol. The molecule has 3 aromatic heterocycles.